The smallest absolute Gasteiger partial charge is 0.306 e. The molecular weight excluding hydrogens is 444 g/mol. The molecule has 0 bridgehead atoms. The number of benzene rings is 3. The van der Waals surface area contributed by atoms with Crippen LogP contribution in [0.1, 0.15) is 36.0 Å². The minimum absolute atomic E-state index is 0.0493. The Balaban J connectivity index is 1.32. The molecular formula is C28H30N2O5. The van der Waals surface area contributed by atoms with Gasteiger partial charge >= 0.3 is 5.97 Å². The summed E-state index contributed by atoms with van der Waals surface area (Å²) in [6.07, 6.45) is 0.525. The Morgan fingerprint density at radius 1 is 0.686 bits per heavy atom. The highest BCUT2D eigenvalue weighted by Gasteiger charge is 2.10. The largest absolute Gasteiger partial charge is 0.457 e. The SMILES string of the molecule is Cc1ccc(Oc2ccc(NC(=O)CCCC(=O)OCC(=O)Nc3ccc(C)c(C)c3)cc2)cc1. The maximum atomic E-state index is 12.2. The third-order valence-corrected chi connectivity index (χ3v) is 5.33. The van der Waals surface area contributed by atoms with Crippen LogP contribution in [0.25, 0.3) is 0 Å². The third kappa shape index (κ3) is 8.62. The van der Waals surface area contributed by atoms with Gasteiger partial charge in [-0.2, -0.15) is 0 Å². The van der Waals surface area contributed by atoms with E-state index in [0.29, 0.717) is 23.5 Å². The van der Waals surface area contributed by atoms with Crippen LogP contribution in [0.15, 0.2) is 66.7 Å². The number of rotatable bonds is 10. The molecule has 0 spiro atoms. The summed E-state index contributed by atoms with van der Waals surface area (Å²) < 4.78 is 10.8. The van der Waals surface area contributed by atoms with Crippen LogP contribution < -0.4 is 15.4 Å². The summed E-state index contributed by atoms with van der Waals surface area (Å²) in [6, 6.07) is 20.4. The second-order valence-electron chi connectivity index (χ2n) is 8.35. The molecule has 35 heavy (non-hydrogen) atoms. The molecule has 3 rings (SSSR count). The molecule has 0 unspecified atom stereocenters. The molecule has 2 amide bonds. The number of nitrogens with one attached hydrogen (secondary N) is 2. The first-order chi connectivity index (χ1) is 16.8. The van der Waals surface area contributed by atoms with Crippen molar-refractivity contribution in [1.82, 2.24) is 0 Å². The van der Waals surface area contributed by atoms with Gasteiger partial charge in [-0.25, -0.2) is 0 Å². The van der Waals surface area contributed by atoms with Gasteiger partial charge in [0.25, 0.3) is 5.91 Å². The van der Waals surface area contributed by atoms with Crippen LogP contribution in [-0.2, 0) is 19.1 Å². The molecule has 0 saturated carbocycles. The van der Waals surface area contributed by atoms with Crippen molar-refractivity contribution < 1.29 is 23.9 Å². The van der Waals surface area contributed by atoms with E-state index in [1.165, 1.54) is 0 Å². The predicted octanol–water partition coefficient (Wildman–Crippen LogP) is 5.69. The van der Waals surface area contributed by atoms with E-state index >= 15 is 0 Å². The molecule has 0 aliphatic rings. The summed E-state index contributed by atoms with van der Waals surface area (Å²) in [6.45, 7) is 5.59. The lowest BCUT2D eigenvalue weighted by molar-refractivity contribution is -0.147. The van der Waals surface area contributed by atoms with E-state index in [1.54, 1.807) is 30.3 Å². The van der Waals surface area contributed by atoms with Crippen LogP contribution >= 0.6 is 0 Å². The Hall–Kier alpha value is -4.13. The second-order valence-corrected chi connectivity index (χ2v) is 8.35. The first-order valence-corrected chi connectivity index (χ1v) is 11.5. The summed E-state index contributed by atoms with van der Waals surface area (Å²) in [5, 5.41) is 5.49. The van der Waals surface area contributed by atoms with E-state index in [9.17, 15) is 14.4 Å². The molecule has 182 valence electrons. The number of anilines is 2. The average molecular weight is 475 g/mol. The highest BCUT2D eigenvalue weighted by Crippen LogP contribution is 2.23. The van der Waals surface area contributed by atoms with Gasteiger partial charge in [-0.1, -0.05) is 23.8 Å². The van der Waals surface area contributed by atoms with Crippen molar-refractivity contribution in [2.24, 2.45) is 0 Å². The van der Waals surface area contributed by atoms with Crippen LogP contribution in [0.3, 0.4) is 0 Å². The molecule has 0 fully saturated rings. The van der Waals surface area contributed by atoms with Gasteiger partial charge in [0.1, 0.15) is 11.5 Å². The Labute approximate surface area is 205 Å². The molecule has 3 aromatic rings. The van der Waals surface area contributed by atoms with Gasteiger partial charge in [-0.15, -0.1) is 0 Å². The second kappa shape index (κ2) is 12.4. The lowest BCUT2D eigenvalue weighted by Gasteiger charge is -2.09. The zero-order chi connectivity index (χ0) is 25.2. The number of esters is 1. The monoisotopic (exact) mass is 474 g/mol. The molecule has 3 aromatic carbocycles. The topological polar surface area (TPSA) is 93.7 Å². The summed E-state index contributed by atoms with van der Waals surface area (Å²) in [7, 11) is 0. The predicted molar refractivity (Wildman–Crippen MR) is 136 cm³/mol. The van der Waals surface area contributed by atoms with E-state index in [1.807, 2.05) is 57.2 Å². The van der Waals surface area contributed by atoms with Crippen LogP contribution in [0.4, 0.5) is 11.4 Å². The molecule has 0 radical (unpaired) electrons. The van der Waals surface area contributed by atoms with Crippen LogP contribution in [0, 0.1) is 20.8 Å². The minimum Gasteiger partial charge on any atom is -0.457 e. The quantitative estimate of drug-likeness (QED) is 0.368. The lowest BCUT2D eigenvalue weighted by Crippen LogP contribution is -2.21. The van der Waals surface area contributed by atoms with Gasteiger partial charge in [0.05, 0.1) is 0 Å². The maximum Gasteiger partial charge on any atom is 0.306 e. The van der Waals surface area contributed by atoms with Gasteiger partial charge < -0.3 is 20.1 Å². The van der Waals surface area contributed by atoms with E-state index < -0.39 is 11.9 Å². The number of ether oxygens (including phenoxy) is 2. The van der Waals surface area contributed by atoms with Gasteiger partial charge in [0, 0.05) is 24.2 Å². The Morgan fingerprint density at radius 3 is 1.94 bits per heavy atom. The molecule has 7 nitrogen and oxygen atoms in total. The van der Waals surface area contributed by atoms with E-state index in [4.69, 9.17) is 9.47 Å². The Bertz CT molecular complexity index is 1170. The first-order valence-electron chi connectivity index (χ1n) is 11.5. The van der Waals surface area contributed by atoms with Crippen molar-refractivity contribution in [3.8, 4) is 11.5 Å². The van der Waals surface area contributed by atoms with Crippen molar-refractivity contribution in [3.63, 3.8) is 0 Å². The highest BCUT2D eigenvalue weighted by atomic mass is 16.5. The molecule has 0 atom stereocenters. The number of carbonyl (C=O) groups excluding carboxylic acids is 3. The van der Waals surface area contributed by atoms with Gasteiger partial charge in [0.15, 0.2) is 6.61 Å². The van der Waals surface area contributed by atoms with Crippen molar-refractivity contribution in [2.45, 2.75) is 40.0 Å². The molecule has 0 aliphatic carbocycles. The van der Waals surface area contributed by atoms with Crippen LogP contribution in [-0.4, -0.2) is 24.4 Å². The van der Waals surface area contributed by atoms with Crippen molar-refractivity contribution in [3.05, 3.63) is 83.4 Å². The average Bonchev–Trinajstić information content (AvgIpc) is 2.83. The Morgan fingerprint density at radius 2 is 1.29 bits per heavy atom. The number of hydrogen-bond donors (Lipinski definition) is 2. The van der Waals surface area contributed by atoms with Crippen molar-refractivity contribution in [1.29, 1.82) is 0 Å². The van der Waals surface area contributed by atoms with E-state index in [2.05, 4.69) is 10.6 Å². The Kier molecular flexibility index (Phi) is 9.01. The molecule has 0 saturated heterocycles. The van der Waals surface area contributed by atoms with Crippen molar-refractivity contribution >= 4 is 29.2 Å². The van der Waals surface area contributed by atoms with Gasteiger partial charge in [0.2, 0.25) is 5.91 Å². The molecule has 2 N–H and O–H groups in total. The molecule has 0 aliphatic heterocycles. The van der Waals surface area contributed by atoms with Crippen molar-refractivity contribution in [2.75, 3.05) is 17.2 Å². The zero-order valence-electron chi connectivity index (χ0n) is 20.2. The molecule has 0 aromatic heterocycles. The van der Waals surface area contributed by atoms with E-state index in [0.717, 1.165) is 22.4 Å². The lowest BCUT2D eigenvalue weighted by atomic mass is 10.1. The van der Waals surface area contributed by atoms with Gasteiger partial charge in [-0.05, 0) is 86.8 Å². The minimum atomic E-state index is -0.523. The summed E-state index contributed by atoms with van der Waals surface area (Å²) >= 11 is 0. The fraction of sp³-hybridized carbons (Fsp3) is 0.250. The normalized spacial score (nSPS) is 10.4. The van der Waals surface area contributed by atoms with Crippen LogP contribution in [0.5, 0.6) is 11.5 Å². The first kappa shape index (κ1) is 25.5. The molecule has 0 heterocycles. The number of amides is 2. The standard InChI is InChI=1S/C28H30N2O5/c1-19-7-13-24(14-8-19)35-25-15-11-22(12-16-25)29-26(31)5-4-6-28(33)34-18-27(32)30-23-10-9-20(2)21(3)17-23/h7-17H,4-6,18H2,1-3H3,(H,29,31)(H,30,32). The molecule has 7 heteroatoms. The number of carbonyl (C=O) groups is 3. The van der Waals surface area contributed by atoms with Gasteiger partial charge in [-0.3, -0.25) is 14.4 Å². The van der Waals surface area contributed by atoms with Crippen LogP contribution in [0.2, 0.25) is 0 Å². The zero-order valence-corrected chi connectivity index (χ0v) is 20.2. The highest BCUT2D eigenvalue weighted by molar-refractivity contribution is 5.93. The van der Waals surface area contributed by atoms with E-state index in [-0.39, 0.29) is 25.4 Å². The summed E-state index contributed by atoms with van der Waals surface area (Å²) in [4.78, 5) is 36.0. The number of aryl methyl sites for hydroxylation is 3. The fourth-order valence-electron chi connectivity index (χ4n) is 3.20. The maximum absolute atomic E-state index is 12.2. The summed E-state index contributed by atoms with van der Waals surface area (Å²) in [5.74, 6) is 0.260. The number of hydrogen-bond acceptors (Lipinski definition) is 5. The third-order valence-electron chi connectivity index (χ3n) is 5.33. The summed E-state index contributed by atoms with van der Waals surface area (Å²) in [5.41, 5.74) is 4.63. The fourth-order valence-corrected chi connectivity index (χ4v) is 3.20.